The van der Waals surface area contributed by atoms with Crippen molar-refractivity contribution in [3.05, 3.63) is 42.0 Å². The summed E-state index contributed by atoms with van der Waals surface area (Å²) in [6, 6.07) is 7.36. The van der Waals surface area contributed by atoms with Gasteiger partial charge in [-0.05, 0) is 24.3 Å². The molecular formula is C21H28N4O6. The number of aliphatic hydroxyl groups excluding tert-OH is 1. The summed E-state index contributed by atoms with van der Waals surface area (Å²) < 4.78 is 0. The fourth-order valence-electron chi connectivity index (χ4n) is 3.37. The first-order chi connectivity index (χ1) is 14.8. The van der Waals surface area contributed by atoms with E-state index in [-0.39, 0.29) is 18.8 Å². The van der Waals surface area contributed by atoms with Gasteiger partial charge >= 0.3 is 6.03 Å². The van der Waals surface area contributed by atoms with Gasteiger partial charge in [0.25, 0.3) is 5.91 Å². The number of nitrogens with zero attached hydrogens (tertiary/aromatic N) is 1. The van der Waals surface area contributed by atoms with Gasteiger partial charge in [-0.3, -0.25) is 25.0 Å². The number of urea groups is 1. The van der Waals surface area contributed by atoms with E-state index in [9.17, 15) is 24.4 Å². The summed E-state index contributed by atoms with van der Waals surface area (Å²) in [6.07, 6.45) is 3.94. The lowest BCUT2D eigenvalue weighted by molar-refractivity contribution is -0.144. The number of amides is 5. The van der Waals surface area contributed by atoms with E-state index in [0.29, 0.717) is 5.01 Å². The van der Waals surface area contributed by atoms with Crippen LogP contribution in [0.25, 0.3) is 6.08 Å². The highest BCUT2D eigenvalue weighted by atomic mass is 16.5. The molecule has 2 unspecified atom stereocenters. The molecule has 0 bridgehead atoms. The number of allylic oxidation sites excluding steroid dienone is 1. The van der Waals surface area contributed by atoms with Crippen molar-refractivity contribution < 1.29 is 29.5 Å². The number of rotatable bonds is 10. The zero-order valence-electron chi connectivity index (χ0n) is 17.4. The number of hydrogen-bond acceptors (Lipinski definition) is 6. The summed E-state index contributed by atoms with van der Waals surface area (Å²) in [7, 11) is 0. The third-order valence-electron chi connectivity index (χ3n) is 4.92. The van der Waals surface area contributed by atoms with Crippen LogP contribution in [0, 0.1) is 17.8 Å². The Morgan fingerprint density at radius 3 is 2.39 bits per heavy atom. The maximum absolute atomic E-state index is 13.0. The summed E-state index contributed by atoms with van der Waals surface area (Å²) in [5.74, 6) is -4.11. The molecule has 0 aromatic heterocycles. The van der Waals surface area contributed by atoms with Crippen molar-refractivity contribution in [1.29, 1.82) is 0 Å². The van der Waals surface area contributed by atoms with Gasteiger partial charge < -0.3 is 10.4 Å². The molecule has 0 spiro atoms. The third-order valence-corrected chi connectivity index (χ3v) is 4.92. The van der Waals surface area contributed by atoms with Gasteiger partial charge in [0.15, 0.2) is 0 Å². The molecule has 1 aromatic carbocycles. The van der Waals surface area contributed by atoms with Crippen LogP contribution < -0.4 is 16.2 Å². The molecule has 0 saturated carbocycles. The van der Waals surface area contributed by atoms with E-state index in [1.807, 2.05) is 44.2 Å². The maximum Gasteiger partial charge on any atom is 0.344 e. The second-order valence-electron chi connectivity index (χ2n) is 7.70. The highest BCUT2D eigenvalue weighted by Crippen LogP contribution is 2.26. The van der Waals surface area contributed by atoms with Crippen LogP contribution in [0.15, 0.2) is 36.4 Å². The van der Waals surface area contributed by atoms with E-state index < -0.39 is 48.2 Å². The van der Waals surface area contributed by atoms with E-state index in [1.165, 1.54) is 0 Å². The molecule has 5 amide bonds. The molecule has 5 N–H and O–H groups in total. The number of hydrogen-bond donors (Lipinski definition) is 5. The molecule has 168 valence electrons. The number of carbonyl (C=O) groups excluding carboxylic acids is 4. The molecule has 1 aliphatic rings. The Balaban J connectivity index is 2.21. The van der Waals surface area contributed by atoms with Crippen LogP contribution in [0.2, 0.25) is 0 Å². The van der Waals surface area contributed by atoms with Gasteiger partial charge in [0.2, 0.25) is 11.8 Å². The first-order valence-electron chi connectivity index (χ1n) is 9.99. The van der Waals surface area contributed by atoms with Gasteiger partial charge in [0, 0.05) is 0 Å². The zero-order chi connectivity index (χ0) is 23.0. The van der Waals surface area contributed by atoms with Crippen molar-refractivity contribution >= 4 is 29.8 Å². The third kappa shape index (κ3) is 6.37. The molecule has 10 nitrogen and oxygen atoms in total. The average Bonchev–Trinajstić information content (AvgIpc) is 3.03. The summed E-state index contributed by atoms with van der Waals surface area (Å²) in [5.41, 5.74) is 4.76. The molecule has 2 rings (SSSR count). The minimum absolute atomic E-state index is 0.0103. The van der Waals surface area contributed by atoms with Crippen LogP contribution >= 0.6 is 0 Å². The van der Waals surface area contributed by atoms with Crippen LogP contribution in [0.3, 0.4) is 0 Å². The van der Waals surface area contributed by atoms with Gasteiger partial charge in [-0.15, -0.1) is 0 Å². The van der Waals surface area contributed by atoms with Crippen molar-refractivity contribution in [3.8, 4) is 0 Å². The lowest BCUT2D eigenvalue weighted by Crippen LogP contribution is -2.51. The molecule has 1 heterocycles. The van der Waals surface area contributed by atoms with Crippen molar-refractivity contribution in [2.24, 2.45) is 17.8 Å². The minimum atomic E-state index is -1.14. The number of carbonyl (C=O) groups is 4. The predicted molar refractivity (Wildman–Crippen MR) is 111 cm³/mol. The summed E-state index contributed by atoms with van der Waals surface area (Å²) in [5, 5.41) is 21.1. The highest BCUT2D eigenvalue weighted by molar-refractivity contribution is 6.05. The fraction of sp³-hybridized carbons (Fsp3) is 0.429. The Kier molecular flexibility index (Phi) is 8.71. The van der Waals surface area contributed by atoms with Gasteiger partial charge in [-0.2, -0.15) is 5.01 Å². The Hall–Kier alpha value is -3.24. The molecular weight excluding hydrogens is 404 g/mol. The van der Waals surface area contributed by atoms with Crippen molar-refractivity contribution in [3.63, 3.8) is 0 Å². The quantitative estimate of drug-likeness (QED) is 0.210. The molecule has 10 heteroatoms. The molecule has 0 aliphatic carbocycles. The van der Waals surface area contributed by atoms with Crippen LogP contribution in [0.4, 0.5) is 4.79 Å². The first-order valence-corrected chi connectivity index (χ1v) is 9.99. The van der Waals surface area contributed by atoms with E-state index in [4.69, 9.17) is 5.11 Å². The molecule has 31 heavy (non-hydrogen) atoms. The van der Waals surface area contributed by atoms with Gasteiger partial charge in [-0.25, -0.2) is 10.3 Å². The topological polar surface area (TPSA) is 148 Å². The van der Waals surface area contributed by atoms with Crippen LogP contribution in [0.1, 0.15) is 32.3 Å². The van der Waals surface area contributed by atoms with E-state index >= 15 is 0 Å². The highest BCUT2D eigenvalue weighted by Gasteiger charge is 2.41. The first kappa shape index (κ1) is 24.0. The fourth-order valence-corrected chi connectivity index (χ4v) is 3.37. The smallest absolute Gasteiger partial charge is 0.344 e. The van der Waals surface area contributed by atoms with Crippen molar-refractivity contribution in [2.75, 3.05) is 6.61 Å². The summed E-state index contributed by atoms with van der Waals surface area (Å²) in [4.78, 5) is 49.5. The molecule has 3 atom stereocenters. The Bertz CT molecular complexity index is 826. The van der Waals surface area contributed by atoms with Crippen LogP contribution in [-0.4, -0.2) is 51.7 Å². The maximum atomic E-state index is 13.0. The van der Waals surface area contributed by atoms with Gasteiger partial charge in [0.05, 0.1) is 18.4 Å². The van der Waals surface area contributed by atoms with Gasteiger partial charge in [0.1, 0.15) is 6.04 Å². The van der Waals surface area contributed by atoms with E-state index in [0.717, 1.165) is 5.56 Å². The van der Waals surface area contributed by atoms with E-state index in [1.54, 1.807) is 17.6 Å². The van der Waals surface area contributed by atoms with Gasteiger partial charge in [-0.1, -0.05) is 56.3 Å². The monoisotopic (exact) mass is 432 g/mol. The Labute approximate surface area is 180 Å². The standard InChI is InChI=1S/C21H28N4O6/c1-13(2)11-16(18(27)23-25-20(29)17(12-26)22-21(25)30)15(19(28)24-31)10-6-9-14-7-4-3-5-8-14/h3-9,13,15-17,26,31H,10-12H2,1-2H3,(H,22,30)(H,23,27)(H,24,28)/b9-6-/t15-,16?,17?/m1/s1. The molecule has 1 aliphatic heterocycles. The Morgan fingerprint density at radius 2 is 1.84 bits per heavy atom. The van der Waals surface area contributed by atoms with E-state index in [2.05, 4.69) is 10.7 Å². The minimum Gasteiger partial charge on any atom is -0.394 e. The molecule has 0 radical (unpaired) electrons. The van der Waals surface area contributed by atoms with Crippen LogP contribution in [-0.2, 0) is 14.4 Å². The molecule has 1 aromatic rings. The van der Waals surface area contributed by atoms with Crippen molar-refractivity contribution in [1.82, 2.24) is 21.2 Å². The largest absolute Gasteiger partial charge is 0.394 e. The van der Waals surface area contributed by atoms with Crippen LogP contribution in [0.5, 0.6) is 0 Å². The number of hydrazine groups is 1. The number of nitrogens with one attached hydrogen (secondary N) is 3. The second kappa shape index (κ2) is 11.2. The number of aliphatic hydroxyl groups is 1. The average molecular weight is 432 g/mol. The van der Waals surface area contributed by atoms with Crippen molar-refractivity contribution in [2.45, 2.75) is 32.7 Å². The predicted octanol–water partition coefficient (Wildman–Crippen LogP) is 0.818. The summed E-state index contributed by atoms with van der Waals surface area (Å²) >= 11 is 0. The molecule has 1 fully saturated rings. The normalized spacial score (nSPS) is 18.2. The summed E-state index contributed by atoms with van der Waals surface area (Å²) in [6.45, 7) is 3.12. The SMILES string of the molecule is CC(C)CC(C(=O)NN1C(=O)NC(CO)C1=O)[C@@H](C/C=C\c1ccccc1)C(=O)NO. The molecule has 1 saturated heterocycles. The number of benzene rings is 1. The lowest BCUT2D eigenvalue weighted by atomic mass is 9.82. The Morgan fingerprint density at radius 1 is 1.16 bits per heavy atom. The number of hydroxylamine groups is 1. The lowest BCUT2D eigenvalue weighted by Gasteiger charge is -2.27. The second-order valence-corrected chi connectivity index (χ2v) is 7.70. The zero-order valence-corrected chi connectivity index (χ0v) is 17.4. The number of imide groups is 1.